The van der Waals surface area contributed by atoms with Crippen LogP contribution in [0.5, 0.6) is 0 Å². The molecule has 0 spiro atoms. The highest BCUT2D eigenvalue weighted by molar-refractivity contribution is 5.81. The molecule has 0 radical (unpaired) electrons. The van der Waals surface area contributed by atoms with Crippen LogP contribution in [0, 0.1) is 5.41 Å². The number of aromatic nitrogens is 1. The van der Waals surface area contributed by atoms with Gasteiger partial charge in [0.25, 0.3) is 0 Å². The maximum absolute atomic E-state index is 12.2. The number of fused-ring (bicyclic) bond motifs is 1. The molecule has 0 amide bonds. The fraction of sp³-hybridized carbons (Fsp3) is 0.273. The number of carboxylic acids is 1. The van der Waals surface area contributed by atoms with E-state index >= 15 is 0 Å². The van der Waals surface area contributed by atoms with Gasteiger partial charge in [-0.25, -0.2) is 4.98 Å². The van der Waals surface area contributed by atoms with Gasteiger partial charge in [0.1, 0.15) is 5.82 Å². The number of nitrogens with zero attached hydrogens (tertiary/aromatic N) is 2. The van der Waals surface area contributed by atoms with E-state index < -0.39 is 11.4 Å². The third kappa shape index (κ3) is 3.15. The van der Waals surface area contributed by atoms with Gasteiger partial charge in [0, 0.05) is 18.5 Å². The van der Waals surface area contributed by atoms with Gasteiger partial charge in [-0.2, -0.15) is 0 Å². The number of anilines is 1. The number of rotatable bonds is 4. The van der Waals surface area contributed by atoms with Crippen molar-refractivity contribution >= 4 is 22.7 Å². The highest BCUT2D eigenvalue weighted by atomic mass is 16.4. The quantitative estimate of drug-likeness (QED) is 0.771. The van der Waals surface area contributed by atoms with Gasteiger partial charge in [0.2, 0.25) is 0 Å². The molecule has 0 aliphatic carbocycles. The number of hydrogen-bond acceptors (Lipinski definition) is 3. The summed E-state index contributed by atoms with van der Waals surface area (Å²) in [5.41, 5.74) is 1.25. The molecule has 1 aliphatic rings. The van der Waals surface area contributed by atoms with E-state index in [4.69, 9.17) is 4.98 Å². The summed E-state index contributed by atoms with van der Waals surface area (Å²) in [4.78, 5) is 19.1. The Morgan fingerprint density at radius 2 is 1.81 bits per heavy atom. The van der Waals surface area contributed by atoms with Crippen LogP contribution in [0.3, 0.4) is 0 Å². The van der Waals surface area contributed by atoms with Crippen molar-refractivity contribution in [2.75, 3.05) is 18.0 Å². The van der Waals surface area contributed by atoms with E-state index in [1.54, 1.807) is 0 Å². The lowest BCUT2D eigenvalue weighted by molar-refractivity contribution is -0.149. The molecule has 1 atom stereocenters. The molecule has 0 saturated carbocycles. The van der Waals surface area contributed by atoms with Crippen LogP contribution in [0.15, 0.2) is 66.7 Å². The topological polar surface area (TPSA) is 53.4 Å². The molecular formula is C22H22N2O2. The van der Waals surface area contributed by atoms with E-state index in [9.17, 15) is 9.90 Å². The minimum Gasteiger partial charge on any atom is -0.481 e. The number of piperidine rings is 1. The Balaban J connectivity index is 1.64. The highest BCUT2D eigenvalue weighted by Gasteiger charge is 2.42. The molecule has 26 heavy (non-hydrogen) atoms. The van der Waals surface area contributed by atoms with Crippen molar-refractivity contribution in [3.05, 3.63) is 72.3 Å². The molecule has 2 heterocycles. The van der Waals surface area contributed by atoms with Crippen molar-refractivity contribution in [3.63, 3.8) is 0 Å². The van der Waals surface area contributed by atoms with E-state index in [1.165, 1.54) is 0 Å². The molecule has 1 fully saturated rings. The molecule has 4 rings (SSSR count). The first-order valence-corrected chi connectivity index (χ1v) is 9.04. The van der Waals surface area contributed by atoms with Crippen LogP contribution in [0.2, 0.25) is 0 Å². The standard InChI is InChI=1S/C22H22N2O2/c25-21(26)22(15-17-7-2-1-3-8-17)13-6-14-24(16-22)20-12-11-18-9-4-5-10-19(18)23-20/h1-5,7-12H,6,13-16H2,(H,25,26). The minimum absolute atomic E-state index is 0.489. The monoisotopic (exact) mass is 346 g/mol. The molecule has 4 nitrogen and oxygen atoms in total. The maximum Gasteiger partial charge on any atom is 0.311 e. The first-order chi connectivity index (χ1) is 12.7. The molecule has 4 heteroatoms. The van der Waals surface area contributed by atoms with Crippen molar-refractivity contribution < 1.29 is 9.90 Å². The Morgan fingerprint density at radius 1 is 1.04 bits per heavy atom. The van der Waals surface area contributed by atoms with Crippen LogP contribution in [-0.4, -0.2) is 29.1 Å². The summed E-state index contributed by atoms with van der Waals surface area (Å²) in [5.74, 6) is 0.147. The Labute approximate surface area is 153 Å². The van der Waals surface area contributed by atoms with Crippen LogP contribution >= 0.6 is 0 Å². The predicted molar refractivity (Wildman–Crippen MR) is 103 cm³/mol. The third-order valence-corrected chi connectivity index (χ3v) is 5.32. The van der Waals surface area contributed by atoms with E-state index in [0.29, 0.717) is 19.4 Å². The predicted octanol–water partition coefficient (Wildman–Crippen LogP) is 4.15. The average molecular weight is 346 g/mol. The smallest absolute Gasteiger partial charge is 0.311 e. The first kappa shape index (κ1) is 16.6. The van der Waals surface area contributed by atoms with Gasteiger partial charge < -0.3 is 10.0 Å². The molecule has 2 aromatic carbocycles. The van der Waals surface area contributed by atoms with Crippen LogP contribution in [0.4, 0.5) is 5.82 Å². The minimum atomic E-state index is -0.771. The Morgan fingerprint density at radius 3 is 2.62 bits per heavy atom. The first-order valence-electron chi connectivity index (χ1n) is 9.04. The number of carbonyl (C=O) groups is 1. The van der Waals surface area contributed by atoms with Gasteiger partial charge in [-0.1, -0.05) is 48.5 Å². The largest absolute Gasteiger partial charge is 0.481 e. The zero-order valence-electron chi connectivity index (χ0n) is 14.6. The maximum atomic E-state index is 12.2. The molecule has 132 valence electrons. The number of hydrogen-bond donors (Lipinski definition) is 1. The van der Waals surface area contributed by atoms with E-state index in [1.807, 2.05) is 60.7 Å². The van der Waals surface area contributed by atoms with Crippen LogP contribution in [-0.2, 0) is 11.2 Å². The van der Waals surface area contributed by atoms with Gasteiger partial charge in [0.05, 0.1) is 10.9 Å². The van der Waals surface area contributed by atoms with E-state index in [2.05, 4.69) is 11.0 Å². The molecule has 3 aromatic rings. The summed E-state index contributed by atoms with van der Waals surface area (Å²) in [6.07, 6.45) is 2.10. The molecule has 1 aromatic heterocycles. The zero-order valence-corrected chi connectivity index (χ0v) is 14.6. The lowest BCUT2D eigenvalue weighted by atomic mass is 9.75. The summed E-state index contributed by atoms with van der Waals surface area (Å²) in [6, 6.07) is 22.0. The van der Waals surface area contributed by atoms with Gasteiger partial charge in [-0.05, 0) is 43.0 Å². The van der Waals surface area contributed by atoms with Crippen LogP contribution < -0.4 is 4.90 Å². The normalized spacial score (nSPS) is 20.2. The number of aliphatic carboxylic acids is 1. The van der Waals surface area contributed by atoms with Gasteiger partial charge in [0.15, 0.2) is 0 Å². The van der Waals surface area contributed by atoms with Crippen LogP contribution in [0.1, 0.15) is 18.4 Å². The Hall–Kier alpha value is -2.88. The second-order valence-electron chi connectivity index (χ2n) is 7.14. The lowest BCUT2D eigenvalue weighted by Gasteiger charge is -2.40. The van der Waals surface area contributed by atoms with Gasteiger partial charge in [-0.15, -0.1) is 0 Å². The van der Waals surface area contributed by atoms with Crippen LogP contribution in [0.25, 0.3) is 10.9 Å². The van der Waals surface area contributed by atoms with Crippen molar-refractivity contribution in [2.45, 2.75) is 19.3 Å². The zero-order chi connectivity index (χ0) is 18.0. The lowest BCUT2D eigenvalue weighted by Crippen LogP contribution is -2.49. The molecule has 1 aliphatic heterocycles. The number of carboxylic acid groups (broad SMARTS) is 1. The number of benzene rings is 2. The summed E-state index contributed by atoms with van der Waals surface area (Å²) < 4.78 is 0. The molecule has 1 saturated heterocycles. The van der Waals surface area contributed by atoms with Crippen molar-refractivity contribution in [1.29, 1.82) is 0 Å². The SMILES string of the molecule is O=C(O)C1(Cc2ccccc2)CCCN(c2ccc3ccccc3n2)C1. The molecule has 1 unspecified atom stereocenters. The molecule has 0 bridgehead atoms. The average Bonchev–Trinajstić information content (AvgIpc) is 2.68. The second kappa shape index (κ2) is 6.79. The van der Waals surface area contributed by atoms with Crippen molar-refractivity contribution in [3.8, 4) is 0 Å². The fourth-order valence-electron chi connectivity index (χ4n) is 3.94. The van der Waals surface area contributed by atoms with E-state index in [0.717, 1.165) is 35.2 Å². The summed E-state index contributed by atoms with van der Waals surface area (Å²) in [6.45, 7) is 1.33. The highest BCUT2D eigenvalue weighted by Crippen LogP contribution is 2.36. The summed E-state index contributed by atoms with van der Waals surface area (Å²) in [5, 5.41) is 11.1. The fourth-order valence-corrected chi connectivity index (χ4v) is 3.94. The van der Waals surface area contributed by atoms with Gasteiger partial charge in [-0.3, -0.25) is 4.79 Å². The number of para-hydroxylation sites is 1. The molecule has 1 N–H and O–H groups in total. The Bertz CT molecular complexity index is 926. The summed E-state index contributed by atoms with van der Waals surface area (Å²) in [7, 11) is 0. The number of pyridine rings is 1. The second-order valence-corrected chi connectivity index (χ2v) is 7.14. The van der Waals surface area contributed by atoms with Gasteiger partial charge >= 0.3 is 5.97 Å². The van der Waals surface area contributed by atoms with Crippen molar-refractivity contribution in [1.82, 2.24) is 4.98 Å². The summed E-state index contributed by atoms with van der Waals surface area (Å²) >= 11 is 0. The van der Waals surface area contributed by atoms with Crippen molar-refractivity contribution in [2.24, 2.45) is 5.41 Å². The van der Waals surface area contributed by atoms with E-state index in [-0.39, 0.29) is 0 Å². The Kier molecular flexibility index (Phi) is 4.33. The third-order valence-electron chi connectivity index (χ3n) is 5.32. The molecular weight excluding hydrogens is 324 g/mol.